The van der Waals surface area contributed by atoms with Crippen LogP contribution < -0.4 is 15.0 Å². The number of aliphatic hydroxyl groups excluding tert-OH is 1. The van der Waals surface area contributed by atoms with Gasteiger partial charge in [0, 0.05) is 43.6 Å². The number of nitrogens with one attached hydrogen (secondary N) is 1. The predicted molar refractivity (Wildman–Crippen MR) is 67.6 cm³/mol. The van der Waals surface area contributed by atoms with E-state index in [9.17, 15) is 0 Å². The second kappa shape index (κ2) is 5.61. The van der Waals surface area contributed by atoms with Gasteiger partial charge in [-0.15, -0.1) is 0 Å². The van der Waals surface area contributed by atoms with E-state index in [1.807, 2.05) is 38.1 Å². The third-order valence-corrected chi connectivity index (χ3v) is 2.51. The van der Waals surface area contributed by atoms with Crippen molar-refractivity contribution < 1.29 is 9.84 Å². The summed E-state index contributed by atoms with van der Waals surface area (Å²) in [7, 11) is 5.64. The van der Waals surface area contributed by atoms with Gasteiger partial charge in [0.2, 0.25) is 0 Å². The number of hydrogen-bond acceptors (Lipinski definition) is 4. The van der Waals surface area contributed by atoms with Gasteiger partial charge >= 0.3 is 0 Å². The van der Waals surface area contributed by atoms with Crippen LogP contribution in [0.15, 0.2) is 12.1 Å². The van der Waals surface area contributed by atoms with Gasteiger partial charge in [0.1, 0.15) is 5.75 Å². The molecule has 0 saturated carbocycles. The second-order valence-electron chi connectivity index (χ2n) is 3.87. The first kappa shape index (κ1) is 12.6. The van der Waals surface area contributed by atoms with Crippen molar-refractivity contribution in [3.05, 3.63) is 17.7 Å². The Morgan fingerprint density at radius 3 is 2.56 bits per heavy atom. The highest BCUT2D eigenvalue weighted by Gasteiger charge is 2.08. The topological polar surface area (TPSA) is 44.7 Å². The number of nitrogens with zero attached hydrogens (tertiary/aromatic N) is 1. The van der Waals surface area contributed by atoms with Crippen LogP contribution in [-0.2, 0) is 0 Å². The molecule has 0 spiro atoms. The number of ether oxygens (including phenoxy) is 1. The average Bonchev–Trinajstić information content (AvgIpc) is 2.27. The molecule has 0 aliphatic carbocycles. The lowest BCUT2D eigenvalue weighted by Crippen LogP contribution is -2.12. The van der Waals surface area contributed by atoms with Crippen molar-refractivity contribution in [2.24, 2.45) is 0 Å². The number of anilines is 2. The van der Waals surface area contributed by atoms with Crippen molar-refractivity contribution >= 4 is 11.4 Å². The van der Waals surface area contributed by atoms with Crippen LogP contribution in [0.3, 0.4) is 0 Å². The quantitative estimate of drug-likeness (QED) is 0.795. The molecular formula is C12H20N2O2. The molecule has 4 heteroatoms. The fourth-order valence-electron chi connectivity index (χ4n) is 1.52. The van der Waals surface area contributed by atoms with E-state index >= 15 is 0 Å². The van der Waals surface area contributed by atoms with Gasteiger partial charge in [-0.2, -0.15) is 0 Å². The van der Waals surface area contributed by atoms with Crippen LogP contribution in [0.25, 0.3) is 0 Å². The first-order chi connectivity index (χ1) is 7.60. The number of rotatable bonds is 5. The lowest BCUT2D eigenvalue weighted by atomic mass is 10.1. The molecule has 0 aromatic heterocycles. The van der Waals surface area contributed by atoms with Crippen molar-refractivity contribution in [2.45, 2.75) is 6.92 Å². The molecule has 1 aromatic rings. The van der Waals surface area contributed by atoms with Gasteiger partial charge in [0.05, 0.1) is 13.7 Å². The lowest BCUT2D eigenvalue weighted by Gasteiger charge is -2.19. The van der Waals surface area contributed by atoms with E-state index in [1.54, 1.807) is 7.11 Å². The van der Waals surface area contributed by atoms with Crippen LogP contribution in [0.4, 0.5) is 11.4 Å². The SMILES string of the molecule is COc1cc(N(C)C)cc(NCCO)c1C. The predicted octanol–water partition coefficient (Wildman–Crippen LogP) is 1.47. The summed E-state index contributed by atoms with van der Waals surface area (Å²) in [4.78, 5) is 2.02. The number of aliphatic hydroxyl groups is 1. The van der Waals surface area contributed by atoms with Crippen LogP contribution in [-0.4, -0.2) is 39.5 Å². The minimum Gasteiger partial charge on any atom is -0.496 e. The molecule has 90 valence electrons. The smallest absolute Gasteiger partial charge is 0.125 e. The third-order valence-electron chi connectivity index (χ3n) is 2.51. The molecule has 0 atom stereocenters. The molecule has 0 saturated heterocycles. The normalized spacial score (nSPS) is 10.1. The van der Waals surface area contributed by atoms with Gasteiger partial charge in [-0.3, -0.25) is 0 Å². The standard InChI is InChI=1S/C12H20N2O2/c1-9-11(13-5-6-15)7-10(14(2)3)8-12(9)16-4/h7-8,13,15H,5-6H2,1-4H3. The van der Waals surface area contributed by atoms with Crippen molar-refractivity contribution in [2.75, 3.05) is 44.6 Å². The zero-order valence-electron chi connectivity index (χ0n) is 10.4. The van der Waals surface area contributed by atoms with Gasteiger partial charge in [0.15, 0.2) is 0 Å². The Bertz CT molecular complexity index is 351. The summed E-state index contributed by atoms with van der Waals surface area (Å²) >= 11 is 0. The van der Waals surface area contributed by atoms with Crippen molar-refractivity contribution in [1.29, 1.82) is 0 Å². The molecule has 1 rings (SSSR count). The summed E-state index contributed by atoms with van der Waals surface area (Å²) in [5.74, 6) is 0.853. The number of methoxy groups -OCH3 is 1. The van der Waals surface area contributed by atoms with Crippen LogP contribution in [0.5, 0.6) is 5.75 Å². The fraction of sp³-hybridized carbons (Fsp3) is 0.500. The van der Waals surface area contributed by atoms with E-state index in [-0.39, 0.29) is 6.61 Å². The van der Waals surface area contributed by atoms with Gasteiger partial charge in [-0.05, 0) is 13.0 Å². The fourth-order valence-corrected chi connectivity index (χ4v) is 1.52. The summed E-state index contributed by atoms with van der Waals surface area (Å²) < 4.78 is 5.33. The number of hydrogen-bond donors (Lipinski definition) is 2. The molecule has 0 radical (unpaired) electrons. The minimum atomic E-state index is 0.119. The van der Waals surface area contributed by atoms with Gasteiger partial charge in [0.25, 0.3) is 0 Å². The molecule has 0 unspecified atom stereocenters. The highest BCUT2D eigenvalue weighted by Crippen LogP contribution is 2.31. The molecule has 0 amide bonds. The first-order valence-electron chi connectivity index (χ1n) is 5.30. The third kappa shape index (κ3) is 2.79. The molecule has 0 aliphatic rings. The van der Waals surface area contributed by atoms with E-state index in [4.69, 9.17) is 9.84 Å². The van der Waals surface area contributed by atoms with Crippen molar-refractivity contribution in [3.63, 3.8) is 0 Å². The monoisotopic (exact) mass is 224 g/mol. The van der Waals surface area contributed by atoms with Crippen LogP contribution in [0.2, 0.25) is 0 Å². The van der Waals surface area contributed by atoms with Gasteiger partial charge < -0.3 is 20.1 Å². The Morgan fingerprint density at radius 2 is 2.06 bits per heavy atom. The largest absolute Gasteiger partial charge is 0.496 e. The van der Waals surface area contributed by atoms with Crippen LogP contribution in [0, 0.1) is 6.92 Å². The Hall–Kier alpha value is -1.42. The van der Waals surface area contributed by atoms with Crippen LogP contribution in [0.1, 0.15) is 5.56 Å². The number of benzene rings is 1. The molecule has 2 N–H and O–H groups in total. The summed E-state index contributed by atoms with van der Waals surface area (Å²) in [5.41, 5.74) is 3.13. The molecular weight excluding hydrogens is 204 g/mol. The van der Waals surface area contributed by atoms with E-state index in [0.717, 1.165) is 22.7 Å². The lowest BCUT2D eigenvalue weighted by molar-refractivity contribution is 0.311. The molecule has 0 heterocycles. The van der Waals surface area contributed by atoms with E-state index in [2.05, 4.69) is 5.32 Å². The second-order valence-corrected chi connectivity index (χ2v) is 3.87. The Kier molecular flexibility index (Phi) is 4.43. The summed E-state index contributed by atoms with van der Waals surface area (Å²) in [5, 5.41) is 12.0. The molecule has 0 fully saturated rings. The van der Waals surface area contributed by atoms with E-state index < -0.39 is 0 Å². The zero-order chi connectivity index (χ0) is 12.1. The molecule has 16 heavy (non-hydrogen) atoms. The van der Waals surface area contributed by atoms with E-state index in [0.29, 0.717) is 6.54 Å². The maximum absolute atomic E-state index is 8.82. The average molecular weight is 224 g/mol. The van der Waals surface area contributed by atoms with E-state index in [1.165, 1.54) is 0 Å². The Labute approximate surface area is 96.8 Å². The van der Waals surface area contributed by atoms with Gasteiger partial charge in [-0.25, -0.2) is 0 Å². The summed E-state index contributed by atoms with van der Waals surface area (Å²) in [6.45, 7) is 2.66. The maximum Gasteiger partial charge on any atom is 0.125 e. The summed E-state index contributed by atoms with van der Waals surface area (Å²) in [6, 6.07) is 4.05. The zero-order valence-corrected chi connectivity index (χ0v) is 10.4. The van der Waals surface area contributed by atoms with Crippen molar-refractivity contribution in [3.8, 4) is 5.75 Å². The molecule has 0 bridgehead atoms. The Morgan fingerprint density at radius 1 is 1.38 bits per heavy atom. The highest BCUT2D eigenvalue weighted by molar-refractivity contribution is 5.67. The Balaban J connectivity index is 3.08. The molecule has 0 aliphatic heterocycles. The first-order valence-corrected chi connectivity index (χ1v) is 5.30. The molecule has 4 nitrogen and oxygen atoms in total. The summed E-state index contributed by atoms with van der Waals surface area (Å²) in [6.07, 6.45) is 0. The van der Waals surface area contributed by atoms with Crippen LogP contribution >= 0.6 is 0 Å². The highest BCUT2D eigenvalue weighted by atomic mass is 16.5. The van der Waals surface area contributed by atoms with Crippen molar-refractivity contribution in [1.82, 2.24) is 0 Å². The van der Waals surface area contributed by atoms with Gasteiger partial charge in [-0.1, -0.05) is 0 Å². The minimum absolute atomic E-state index is 0.119. The molecule has 1 aromatic carbocycles. The maximum atomic E-state index is 8.82.